The van der Waals surface area contributed by atoms with Crippen LogP contribution in [0.2, 0.25) is 0 Å². The van der Waals surface area contributed by atoms with Gasteiger partial charge in [0.05, 0.1) is 0 Å². The van der Waals surface area contributed by atoms with Gasteiger partial charge in [-0.2, -0.15) is 0 Å². The Labute approximate surface area is 61.6 Å². The average molecular weight is 144 g/mol. The van der Waals surface area contributed by atoms with E-state index in [0.29, 0.717) is 5.92 Å². The molecule has 2 aliphatic rings. The van der Waals surface area contributed by atoms with Crippen LogP contribution in [0.5, 0.6) is 0 Å². The number of piperidine rings is 1. The van der Waals surface area contributed by atoms with Crippen molar-refractivity contribution in [3.05, 3.63) is 0 Å². The van der Waals surface area contributed by atoms with E-state index in [2.05, 4.69) is 11.2 Å². The monoisotopic (exact) mass is 143 g/mol. The lowest BCUT2D eigenvalue weighted by molar-refractivity contribution is 0.679. The predicted molar refractivity (Wildman–Crippen MR) is 39.4 cm³/mol. The second-order valence-electron chi connectivity index (χ2n) is 2.68. The van der Waals surface area contributed by atoms with Crippen LogP contribution in [0, 0.1) is 30.1 Å². The summed E-state index contributed by atoms with van der Waals surface area (Å²) < 4.78 is 0. The Morgan fingerprint density at radius 1 is 1.33 bits per heavy atom. The molecule has 2 atom stereocenters. The lowest BCUT2D eigenvalue weighted by Crippen LogP contribution is -2.13. The topological polar surface area (TPSA) is 12.0 Å². The Kier molecular flexibility index (Phi) is 1.70. The quantitative estimate of drug-likeness (QED) is 0.488. The minimum Gasteiger partial charge on any atom is -0.316 e. The summed E-state index contributed by atoms with van der Waals surface area (Å²) in [6.07, 6.45) is 5.25. The van der Waals surface area contributed by atoms with Crippen LogP contribution < -0.4 is 5.32 Å². The van der Waals surface area contributed by atoms with Crippen LogP contribution in [0.4, 0.5) is 0 Å². The summed E-state index contributed by atoms with van der Waals surface area (Å²) in [5.74, 6) is 5.13. The fraction of sp³-hybridized carbons (Fsp3) is 0.714. The van der Waals surface area contributed by atoms with Crippen LogP contribution in [0.3, 0.4) is 0 Å². The first-order valence-electron chi connectivity index (χ1n) is 3.10. The molecule has 0 radical (unpaired) electrons. The molecule has 2 heteroatoms. The minimum absolute atomic E-state index is 0. The standard InChI is InChI=1S/C7H9N.ClH/c1-2-5-6-3-8-4-7(5)6;/h1,5-8H,3-4H2;1H. The van der Waals surface area contributed by atoms with Crippen molar-refractivity contribution in [3.63, 3.8) is 0 Å². The molecule has 2 fully saturated rings. The molecule has 1 nitrogen and oxygen atoms in total. The molecule has 1 saturated carbocycles. The Bertz CT molecular complexity index is 139. The van der Waals surface area contributed by atoms with Crippen molar-refractivity contribution in [1.29, 1.82) is 0 Å². The second kappa shape index (κ2) is 2.21. The molecule has 0 spiro atoms. The zero-order valence-electron chi connectivity index (χ0n) is 5.13. The van der Waals surface area contributed by atoms with Crippen LogP contribution in [0.15, 0.2) is 0 Å². The number of hydrogen-bond donors (Lipinski definition) is 1. The van der Waals surface area contributed by atoms with E-state index in [4.69, 9.17) is 6.42 Å². The number of hydrogen-bond acceptors (Lipinski definition) is 1. The number of halogens is 1. The highest BCUT2D eigenvalue weighted by Gasteiger charge is 2.51. The van der Waals surface area contributed by atoms with Crippen LogP contribution in [-0.2, 0) is 0 Å². The molecule has 1 aliphatic carbocycles. The van der Waals surface area contributed by atoms with E-state index in [0.717, 1.165) is 11.8 Å². The smallest absolute Gasteiger partial charge is 0.0288 e. The molecule has 0 bridgehead atoms. The summed E-state index contributed by atoms with van der Waals surface area (Å²) in [7, 11) is 0. The molecule has 0 aromatic heterocycles. The summed E-state index contributed by atoms with van der Waals surface area (Å²) in [6.45, 7) is 2.33. The molecular weight excluding hydrogens is 134 g/mol. The SMILES string of the molecule is C#CC1C2CNCC12.Cl. The predicted octanol–water partition coefficient (Wildman–Crippen LogP) is 0.507. The first-order chi connectivity index (χ1) is 3.93. The maximum absolute atomic E-state index is 5.25. The summed E-state index contributed by atoms with van der Waals surface area (Å²) in [6, 6.07) is 0. The van der Waals surface area contributed by atoms with E-state index >= 15 is 0 Å². The number of rotatable bonds is 0. The average Bonchev–Trinajstić information content (AvgIpc) is 2.22. The normalized spacial score (nSPS) is 44.6. The summed E-state index contributed by atoms with van der Waals surface area (Å²) in [5, 5.41) is 3.29. The molecule has 1 N–H and O–H groups in total. The molecule has 0 aromatic rings. The van der Waals surface area contributed by atoms with Crippen LogP contribution in [-0.4, -0.2) is 13.1 Å². The van der Waals surface area contributed by atoms with Gasteiger partial charge in [0.1, 0.15) is 0 Å². The third kappa shape index (κ3) is 0.831. The highest BCUT2D eigenvalue weighted by Crippen LogP contribution is 2.47. The maximum Gasteiger partial charge on any atom is 0.0288 e. The molecule has 2 unspecified atom stereocenters. The molecule has 1 aliphatic heterocycles. The van der Waals surface area contributed by atoms with Gasteiger partial charge < -0.3 is 5.32 Å². The third-order valence-corrected chi connectivity index (χ3v) is 2.28. The zero-order valence-corrected chi connectivity index (χ0v) is 5.95. The van der Waals surface area contributed by atoms with E-state index in [1.54, 1.807) is 0 Å². The molecule has 9 heavy (non-hydrogen) atoms. The van der Waals surface area contributed by atoms with Crippen LogP contribution in [0.25, 0.3) is 0 Å². The van der Waals surface area contributed by atoms with Crippen molar-refractivity contribution in [2.24, 2.45) is 17.8 Å². The van der Waals surface area contributed by atoms with Crippen molar-refractivity contribution in [2.75, 3.05) is 13.1 Å². The largest absolute Gasteiger partial charge is 0.316 e. The van der Waals surface area contributed by atoms with Crippen molar-refractivity contribution >= 4 is 12.4 Å². The van der Waals surface area contributed by atoms with Gasteiger partial charge >= 0.3 is 0 Å². The van der Waals surface area contributed by atoms with Crippen molar-refractivity contribution in [2.45, 2.75) is 0 Å². The molecule has 1 heterocycles. The fourth-order valence-electron chi connectivity index (χ4n) is 1.67. The fourth-order valence-corrected chi connectivity index (χ4v) is 1.67. The van der Waals surface area contributed by atoms with Gasteiger partial charge in [0, 0.05) is 5.92 Å². The van der Waals surface area contributed by atoms with Crippen molar-refractivity contribution in [3.8, 4) is 12.3 Å². The lowest BCUT2D eigenvalue weighted by Gasteiger charge is -1.93. The first-order valence-corrected chi connectivity index (χ1v) is 3.10. The maximum atomic E-state index is 5.25. The summed E-state index contributed by atoms with van der Waals surface area (Å²) >= 11 is 0. The van der Waals surface area contributed by atoms with E-state index in [1.807, 2.05) is 0 Å². The molecule has 0 aromatic carbocycles. The second-order valence-corrected chi connectivity index (χ2v) is 2.68. The van der Waals surface area contributed by atoms with Gasteiger partial charge in [-0.3, -0.25) is 0 Å². The van der Waals surface area contributed by atoms with Crippen molar-refractivity contribution < 1.29 is 0 Å². The van der Waals surface area contributed by atoms with Crippen molar-refractivity contribution in [1.82, 2.24) is 5.32 Å². The number of terminal acetylenes is 1. The summed E-state index contributed by atoms with van der Waals surface area (Å²) in [5.41, 5.74) is 0. The Morgan fingerprint density at radius 2 is 1.89 bits per heavy atom. The van der Waals surface area contributed by atoms with Gasteiger partial charge in [-0.15, -0.1) is 24.8 Å². The molecule has 2 rings (SSSR count). The van der Waals surface area contributed by atoms with Gasteiger partial charge in [0.2, 0.25) is 0 Å². The zero-order chi connectivity index (χ0) is 5.56. The van der Waals surface area contributed by atoms with Crippen LogP contribution in [0.1, 0.15) is 0 Å². The Hall–Kier alpha value is -0.190. The van der Waals surface area contributed by atoms with E-state index < -0.39 is 0 Å². The minimum atomic E-state index is 0. The molecule has 1 saturated heterocycles. The highest BCUT2D eigenvalue weighted by atomic mass is 35.5. The highest BCUT2D eigenvalue weighted by molar-refractivity contribution is 5.85. The van der Waals surface area contributed by atoms with Gasteiger partial charge in [0.25, 0.3) is 0 Å². The molecular formula is C7H10ClN. The van der Waals surface area contributed by atoms with Crippen LogP contribution >= 0.6 is 12.4 Å². The first kappa shape index (κ1) is 6.92. The Morgan fingerprint density at radius 3 is 2.22 bits per heavy atom. The Balaban J connectivity index is 0.000000405. The van der Waals surface area contributed by atoms with E-state index in [1.165, 1.54) is 13.1 Å². The molecule has 0 amide bonds. The third-order valence-electron chi connectivity index (χ3n) is 2.28. The van der Waals surface area contributed by atoms with E-state index in [9.17, 15) is 0 Å². The number of nitrogens with one attached hydrogen (secondary N) is 1. The molecule has 50 valence electrons. The summed E-state index contributed by atoms with van der Waals surface area (Å²) in [4.78, 5) is 0. The van der Waals surface area contributed by atoms with Gasteiger partial charge in [-0.25, -0.2) is 0 Å². The lowest BCUT2D eigenvalue weighted by atomic mass is 10.3. The van der Waals surface area contributed by atoms with Gasteiger partial charge in [-0.1, -0.05) is 0 Å². The van der Waals surface area contributed by atoms with Gasteiger partial charge in [-0.05, 0) is 24.9 Å². The number of fused-ring (bicyclic) bond motifs is 1. The van der Waals surface area contributed by atoms with Gasteiger partial charge in [0.15, 0.2) is 0 Å². The van der Waals surface area contributed by atoms with E-state index in [-0.39, 0.29) is 12.4 Å².